The summed E-state index contributed by atoms with van der Waals surface area (Å²) in [7, 11) is 3.36. The van der Waals surface area contributed by atoms with Gasteiger partial charge in [-0.3, -0.25) is 4.79 Å². The van der Waals surface area contributed by atoms with E-state index in [-0.39, 0.29) is 12.5 Å². The molecule has 100 valence electrons. The summed E-state index contributed by atoms with van der Waals surface area (Å²) in [5.74, 6) is 0.721. The molecule has 5 nitrogen and oxygen atoms in total. The van der Waals surface area contributed by atoms with E-state index in [0.29, 0.717) is 19.7 Å². The Hall–Kier alpha value is -1.59. The average Bonchev–Trinajstić information content (AvgIpc) is 2.39. The minimum absolute atomic E-state index is 0.0636. The molecule has 1 amide bonds. The largest absolute Gasteiger partial charge is 0.497 e. The topological polar surface area (TPSA) is 64.8 Å². The number of ether oxygens (including phenoxy) is 2. The summed E-state index contributed by atoms with van der Waals surface area (Å²) in [5.41, 5.74) is 6.30. The van der Waals surface area contributed by atoms with E-state index >= 15 is 0 Å². The third-order valence-electron chi connectivity index (χ3n) is 2.47. The molecule has 5 heteroatoms. The van der Waals surface area contributed by atoms with Crippen LogP contribution >= 0.6 is 0 Å². The summed E-state index contributed by atoms with van der Waals surface area (Å²) < 4.78 is 10.2. The van der Waals surface area contributed by atoms with Gasteiger partial charge in [0.1, 0.15) is 12.4 Å². The molecule has 0 fully saturated rings. The van der Waals surface area contributed by atoms with Crippen molar-refractivity contribution in [3.05, 3.63) is 29.8 Å². The van der Waals surface area contributed by atoms with Crippen LogP contribution in [-0.2, 0) is 16.1 Å². The van der Waals surface area contributed by atoms with Crippen LogP contribution in [0.1, 0.15) is 5.56 Å². The van der Waals surface area contributed by atoms with Crippen molar-refractivity contribution in [1.82, 2.24) is 4.90 Å². The SMILES string of the molecule is COc1cccc(CN(C)C(=O)COCCN)c1. The molecule has 18 heavy (non-hydrogen) atoms. The van der Waals surface area contributed by atoms with E-state index in [0.717, 1.165) is 11.3 Å². The van der Waals surface area contributed by atoms with Gasteiger partial charge < -0.3 is 20.1 Å². The lowest BCUT2D eigenvalue weighted by molar-refractivity contribution is -0.135. The number of methoxy groups -OCH3 is 1. The monoisotopic (exact) mass is 252 g/mol. The van der Waals surface area contributed by atoms with Crippen LogP contribution in [0.25, 0.3) is 0 Å². The molecule has 0 aliphatic carbocycles. The smallest absolute Gasteiger partial charge is 0.248 e. The number of benzene rings is 1. The molecule has 1 aromatic rings. The Morgan fingerprint density at radius 2 is 2.22 bits per heavy atom. The molecule has 0 aliphatic heterocycles. The fourth-order valence-corrected chi connectivity index (χ4v) is 1.49. The summed E-state index contributed by atoms with van der Waals surface area (Å²) in [6.45, 7) is 1.42. The van der Waals surface area contributed by atoms with Crippen molar-refractivity contribution in [1.29, 1.82) is 0 Å². The number of carbonyl (C=O) groups excluding carboxylic acids is 1. The third-order valence-corrected chi connectivity index (χ3v) is 2.47. The minimum Gasteiger partial charge on any atom is -0.497 e. The van der Waals surface area contributed by atoms with Gasteiger partial charge in [-0.05, 0) is 17.7 Å². The maximum absolute atomic E-state index is 11.7. The Morgan fingerprint density at radius 3 is 2.89 bits per heavy atom. The average molecular weight is 252 g/mol. The van der Waals surface area contributed by atoms with E-state index < -0.39 is 0 Å². The number of likely N-dealkylation sites (N-methyl/N-ethyl adjacent to an activating group) is 1. The molecule has 0 saturated heterocycles. The molecule has 0 aliphatic rings. The van der Waals surface area contributed by atoms with Crippen LogP contribution in [0.4, 0.5) is 0 Å². The van der Waals surface area contributed by atoms with E-state index in [4.69, 9.17) is 15.2 Å². The number of hydrogen-bond acceptors (Lipinski definition) is 4. The number of hydrogen-bond donors (Lipinski definition) is 1. The first kappa shape index (κ1) is 14.5. The van der Waals surface area contributed by atoms with Crippen molar-refractivity contribution in [3.63, 3.8) is 0 Å². The second-order valence-corrected chi connectivity index (χ2v) is 3.94. The van der Waals surface area contributed by atoms with Crippen molar-refractivity contribution < 1.29 is 14.3 Å². The molecule has 0 atom stereocenters. The van der Waals surface area contributed by atoms with E-state index in [9.17, 15) is 4.79 Å². The highest BCUT2D eigenvalue weighted by Gasteiger charge is 2.09. The van der Waals surface area contributed by atoms with E-state index in [1.165, 1.54) is 0 Å². The van der Waals surface area contributed by atoms with E-state index in [1.54, 1.807) is 19.1 Å². The predicted octanol–water partition coefficient (Wildman–Crippen LogP) is 0.629. The van der Waals surface area contributed by atoms with Crippen molar-refractivity contribution in [2.75, 3.05) is 33.9 Å². The molecule has 1 aromatic carbocycles. The van der Waals surface area contributed by atoms with Gasteiger partial charge in [0, 0.05) is 20.1 Å². The Balaban J connectivity index is 2.47. The molecule has 0 spiro atoms. The normalized spacial score (nSPS) is 10.2. The number of carbonyl (C=O) groups is 1. The summed E-state index contributed by atoms with van der Waals surface area (Å²) in [6, 6.07) is 7.63. The van der Waals surface area contributed by atoms with Crippen LogP contribution in [0, 0.1) is 0 Å². The van der Waals surface area contributed by atoms with Crippen molar-refractivity contribution in [2.24, 2.45) is 5.73 Å². The Bertz CT molecular complexity index is 382. The lowest BCUT2D eigenvalue weighted by Gasteiger charge is -2.17. The molecule has 0 saturated carbocycles. The number of amides is 1. The number of nitrogens with zero attached hydrogens (tertiary/aromatic N) is 1. The molecular formula is C13H20N2O3. The summed E-state index contributed by atoms with van der Waals surface area (Å²) >= 11 is 0. The third kappa shape index (κ3) is 4.73. The zero-order valence-electron chi connectivity index (χ0n) is 10.9. The maximum Gasteiger partial charge on any atom is 0.248 e. The Morgan fingerprint density at radius 1 is 1.44 bits per heavy atom. The molecule has 0 heterocycles. The molecule has 1 rings (SSSR count). The van der Waals surface area contributed by atoms with Crippen LogP contribution in [0.2, 0.25) is 0 Å². The van der Waals surface area contributed by atoms with Gasteiger partial charge in [-0.2, -0.15) is 0 Å². The Kier molecular flexibility index (Phi) is 6.18. The van der Waals surface area contributed by atoms with Gasteiger partial charge in [-0.1, -0.05) is 12.1 Å². The summed E-state index contributed by atoms with van der Waals surface area (Å²) in [5, 5.41) is 0. The summed E-state index contributed by atoms with van der Waals surface area (Å²) in [4.78, 5) is 13.3. The van der Waals surface area contributed by atoms with Crippen LogP contribution in [0.15, 0.2) is 24.3 Å². The van der Waals surface area contributed by atoms with Gasteiger partial charge in [-0.25, -0.2) is 0 Å². The van der Waals surface area contributed by atoms with E-state index in [2.05, 4.69) is 0 Å². The number of rotatable bonds is 7. The fourth-order valence-electron chi connectivity index (χ4n) is 1.49. The highest BCUT2D eigenvalue weighted by Crippen LogP contribution is 2.13. The van der Waals surface area contributed by atoms with Gasteiger partial charge in [0.15, 0.2) is 0 Å². The zero-order chi connectivity index (χ0) is 13.4. The van der Waals surface area contributed by atoms with E-state index in [1.807, 2.05) is 24.3 Å². The van der Waals surface area contributed by atoms with Crippen molar-refractivity contribution in [3.8, 4) is 5.75 Å². The Labute approximate surface area is 107 Å². The molecule has 0 radical (unpaired) electrons. The first-order valence-electron chi connectivity index (χ1n) is 5.82. The van der Waals surface area contributed by atoms with Crippen molar-refractivity contribution in [2.45, 2.75) is 6.54 Å². The zero-order valence-corrected chi connectivity index (χ0v) is 10.9. The first-order valence-corrected chi connectivity index (χ1v) is 5.82. The maximum atomic E-state index is 11.7. The predicted molar refractivity (Wildman–Crippen MR) is 69.3 cm³/mol. The highest BCUT2D eigenvalue weighted by molar-refractivity contribution is 5.77. The summed E-state index contributed by atoms with van der Waals surface area (Å²) in [6.07, 6.45) is 0. The first-order chi connectivity index (χ1) is 8.67. The lowest BCUT2D eigenvalue weighted by atomic mass is 10.2. The second kappa shape index (κ2) is 7.68. The molecular weight excluding hydrogens is 232 g/mol. The molecule has 0 bridgehead atoms. The van der Waals surface area contributed by atoms with Gasteiger partial charge >= 0.3 is 0 Å². The van der Waals surface area contributed by atoms with Crippen LogP contribution in [0.5, 0.6) is 5.75 Å². The van der Waals surface area contributed by atoms with Crippen LogP contribution < -0.4 is 10.5 Å². The fraction of sp³-hybridized carbons (Fsp3) is 0.462. The van der Waals surface area contributed by atoms with Crippen molar-refractivity contribution >= 4 is 5.91 Å². The van der Waals surface area contributed by atoms with Gasteiger partial charge in [0.2, 0.25) is 5.91 Å². The van der Waals surface area contributed by atoms with Crippen LogP contribution in [0.3, 0.4) is 0 Å². The van der Waals surface area contributed by atoms with Crippen LogP contribution in [-0.4, -0.2) is 44.7 Å². The standard InChI is InChI=1S/C13H20N2O3/c1-15(13(16)10-18-7-6-14)9-11-4-3-5-12(8-11)17-2/h3-5,8H,6-7,9-10,14H2,1-2H3. The lowest BCUT2D eigenvalue weighted by Crippen LogP contribution is -2.30. The highest BCUT2D eigenvalue weighted by atomic mass is 16.5. The van der Waals surface area contributed by atoms with Gasteiger partial charge in [0.05, 0.1) is 13.7 Å². The molecule has 0 aromatic heterocycles. The molecule has 0 unspecified atom stereocenters. The van der Waals surface area contributed by atoms with Gasteiger partial charge in [-0.15, -0.1) is 0 Å². The quantitative estimate of drug-likeness (QED) is 0.723. The molecule has 2 N–H and O–H groups in total. The van der Waals surface area contributed by atoms with Gasteiger partial charge in [0.25, 0.3) is 0 Å². The second-order valence-electron chi connectivity index (χ2n) is 3.94. The number of nitrogens with two attached hydrogens (primary N) is 1. The minimum atomic E-state index is -0.0636.